The number of benzene rings is 3. The van der Waals surface area contributed by atoms with E-state index in [1.807, 2.05) is 18.2 Å². The zero-order valence-corrected chi connectivity index (χ0v) is 19.0. The lowest BCUT2D eigenvalue weighted by Gasteiger charge is -2.28. The largest absolute Gasteiger partial charge is 0.457 e. The first kappa shape index (κ1) is 23.6. The summed E-state index contributed by atoms with van der Waals surface area (Å²) in [5.74, 6) is 0.399. The van der Waals surface area contributed by atoms with Crippen molar-refractivity contribution in [3.8, 4) is 11.5 Å². The standard InChI is InChI=1S/C25H20ClF3N2O3/c1-24(2)22(32)31(20-14-17(25(27,28)29)12-13-19(20)26)23(33)30(24)15-16-8-6-7-11-21(16)34-18-9-4-3-5-10-18/h3-14H,15H2,1-2H3. The molecule has 1 aliphatic heterocycles. The number of urea groups is 1. The maximum absolute atomic E-state index is 13.4. The van der Waals surface area contributed by atoms with Gasteiger partial charge in [-0.15, -0.1) is 0 Å². The summed E-state index contributed by atoms with van der Waals surface area (Å²) in [7, 11) is 0. The Morgan fingerprint density at radius 2 is 1.59 bits per heavy atom. The minimum absolute atomic E-state index is 0.00629. The minimum Gasteiger partial charge on any atom is -0.457 e. The molecule has 176 valence electrons. The van der Waals surface area contributed by atoms with Crippen LogP contribution in [-0.4, -0.2) is 22.4 Å². The number of hydrogen-bond donors (Lipinski definition) is 0. The van der Waals surface area contributed by atoms with Gasteiger partial charge in [0.2, 0.25) is 0 Å². The summed E-state index contributed by atoms with van der Waals surface area (Å²) in [6, 6.07) is 17.9. The third-order valence-corrected chi connectivity index (χ3v) is 5.93. The van der Waals surface area contributed by atoms with E-state index in [1.54, 1.807) is 36.4 Å². The molecule has 1 heterocycles. The number of alkyl halides is 3. The molecule has 9 heteroatoms. The third kappa shape index (κ3) is 4.33. The number of imide groups is 1. The van der Waals surface area contributed by atoms with Gasteiger partial charge in [-0.25, -0.2) is 9.69 Å². The summed E-state index contributed by atoms with van der Waals surface area (Å²) in [6.07, 6.45) is -4.66. The minimum atomic E-state index is -4.66. The van der Waals surface area contributed by atoms with Crippen LogP contribution in [0.5, 0.6) is 11.5 Å². The number of carbonyl (C=O) groups is 2. The van der Waals surface area contributed by atoms with Gasteiger partial charge in [0.15, 0.2) is 0 Å². The molecule has 34 heavy (non-hydrogen) atoms. The monoisotopic (exact) mass is 488 g/mol. The maximum Gasteiger partial charge on any atom is 0.416 e. The van der Waals surface area contributed by atoms with Gasteiger partial charge in [0, 0.05) is 5.56 Å². The second kappa shape index (κ2) is 8.68. The molecule has 0 aromatic heterocycles. The summed E-state index contributed by atoms with van der Waals surface area (Å²) < 4.78 is 45.7. The van der Waals surface area contributed by atoms with Crippen LogP contribution in [0.15, 0.2) is 72.8 Å². The Labute approximate surface area is 199 Å². The number of rotatable bonds is 5. The molecule has 0 atom stereocenters. The van der Waals surface area contributed by atoms with Crippen LogP contribution in [0.25, 0.3) is 0 Å². The van der Waals surface area contributed by atoms with Crippen molar-refractivity contribution in [3.63, 3.8) is 0 Å². The fraction of sp³-hybridized carbons (Fsp3) is 0.200. The smallest absolute Gasteiger partial charge is 0.416 e. The Bertz CT molecular complexity index is 1250. The Kier molecular flexibility index (Phi) is 6.03. The number of para-hydroxylation sites is 2. The van der Waals surface area contributed by atoms with Crippen LogP contribution in [0.4, 0.5) is 23.7 Å². The quantitative estimate of drug-likeness (QED) is 0.367. The van der Waals surface area contributed by atoms with E-state index in [0.29, 0.717) is 28.0 Å². The summed E-state index contributed by atoms with van der Waals surface area (Å²) in [5.41, 5.74) is -2.03. The Morgan fingerprint density at radius 3 is 2.26 bits per heavy atom. The SMILES string of the molecule is CC1(C)C(=O)N(c2cc(C(F)(F)F)ccc2Cl)C(=O)N1Cc1ccccc1Oc1ccccc1. The molecule has 0 aliphatic carbocycles. The van der Waals surface area contributed by atoms with Gasteiger partial charge in [0.25, 0.3) is 5.91 Å². The Hall–Kier alpha value is -3.52. The van der Waals surface area contributed by atoms with Crippen molar-refractivity contribution < 1.29 is 27.5 Å². The summed E-state index contributed by atoms with van der Waals surface area (Å²) >= 11 is 6.12. The first-order valence-electron chi connectivity index (χ1n) is 10.3. The van der Waals surface area contributed by atoms with Crippen molar-refractivity contribution in [3.05, 3.63) is 88.9 Å². The fourth-order valence-electron chi connectivity index (χ4n) is 3.69. The molecule has 0 radical (unpaired) electrons. The molecule has 3 amide bonds. The molecule has 1 aliphatic rings. The second-order valence-corrected chi connectivity index (χ2v) is 8.66. The summed E-state index contributed by atoms with van der Waals surface area (Å²) in [4.78, 5) is 28.6. The number of nitrogens with zero attached hydrogens (tertiary/aromatic N) is 2. The van der Waals surface area contributed by atoms with Crippen molar-refractivity contribution in [1.29, 1.82) is 0 Å². The van der Waals surface area contributed by atoms with Crippen LogP contribution in [-0.2, 0) is 17.5 Å². The molecular weight excluding hydrogens is 469 g/mol. The van der Waals surface area contributed by atoms with Gasteiger partial charge in [-0.3, -0.25) is 4.79 Å². The van der Waals surface area contributed by atoms with Gasteiger partial charge >= 0.3 is 12.2 Å². The average molecular weight is 489 g/mol. The molecule has 0 N–H and O–H groups in total. The van der Waals surface area contributed by atoms with E-state index in [-0.39, 0.29) is 17.3 Å². The van der Waals surface area contributed by atoms with Crippen LogP contribution in [0, 0.1) is 0 Å². The van der Waals surface area contributed by atoms with Gasteiger partial charge < -0.3 is 9.64 Å². The Balaban J connectivity index is 1.69. The molecule has 0 bridgehead atoms. The van der Waals surface area contributed by atoms with Crippen molar-refractivity contribution in [2.24, 2.45) is 0 Å². The summed E-state index contributed by atoms with van der Waals surface area (Å²) in [5, 5.41) is -0.139. The average Bonchev–Trinajstić information content (AvgIpc) is 2.95. The highest BCUT2D eigenvalue weighted by atomic mass is 35.5. The van der Waals surface area contributed by atoms with E-state index in [0.717, 1.165) is 12.1 Å². The van der Waals surface area contributed by atoms with E-state index in [1.165, 1.54) is 18.7 Å². The molecule has 1 fully saturated rings. The van der Waals surface area contributed by atoms with Gasteiger partial charge in [-0.2, -0.15) is 13.2 Å². The molecule has 4 rings (SSSR count). The van der Waals surface area contributed by atoms with Crippen molar-refractivity contribution in [2.75, 3.05) is 4.90 Å². The van der Waals surface area contributed by atoms with E-state index in [2.05, 4.69) is 0 Å². The molecule has 0 unspecified atom stereocenters. The molecule has 0 saturated carbocycles. The normalized spacial score (nSPS) is 15.7. The summed E-state index contributed by atoms with van der Waals surface area (Å²) in [6.45, 7) is 3.07. The Morgan fingerprint density at radius 1 is 0.941 bits per heavy atom. The molecule has 5 nitrogen and oxygen atoms in total. The highest BCUT2D eigenvalue weighted by molar-refractivity contribution is 6.36. The van der Waals surface area contributed by atoms with Gasteiger partial charge in [0.1, 0.15) is 17.0 Å². The van der Waals surface area contributed by atoms with Crippen LogP contribution in [0.1, 0.15) is 25.0 Å². The number of ether oxygens (including phenoxy) is 1. The van der Waals surface area contributed by atoms with Crippen LogP contribution in [0.3, 0.4) is 0 Å². The topological polar surface area (TPSA) is 49.9 Å². The van der Waals surface area contributed by atoms with Crippen molar-refractivity contribution >= 4 is 29.2 Å². The number of carbonyl (C=O) groups excluding carboxylic acids is 2. The zero-order chi connectivity index (χ0) is 24.7. The lowest BCUT2D eigenvalue weighted by Crippen LogP contribution is -2.43. The predicted octanol–water partition coefficient (Wildman–Crippen LogP) is 6.90. The van der Waals surface area contributed by atoms with Gasteiger partial charge in [-0.05, 0) is 50.2 Å². The predicted molar refractivity (Wildman–Crippen MR) is 122 cm³/mol. The molecule has 3 aromatic carbocycles. The van der Waals surface area contributed by atoms with Crippen LogP contribution >= 0.6 is 11.6 Å². The molecule has 0 spiro atoms. The zero-order valence-electron chi connectivity index (χ0n) is 18.3. The number of anilines is 1. The highest BCUT2D eigenvalue weighted by Crippen LogP contribution is 2.40. The fourth-order valence-corrected chi connectivity index (χ4v) is 3.90. The van der Waals surface area contributed by atoms with E-state index in [9.17, 15) is 22.8 Å². The lowest BCUT2D eigenvalue weighted by atomic mass is 10.0. The van der Waals surface area contributed by atoms with Crippen molar-refractivity contribution in [2.45, 2.75) is 32.1 Å². The molecular formula is C25H20ClF3N2O3. The highest BCUT2D eigenvalue weighted by Gasteiger charge is 2.52. The number of halogens is 4. The van der Waals surface area contributed by atoms with E-state index in [4.69, 9.17) is 16.3 Å². The van der Waals surface area contributed by atoms with E-state index >= 15 is 0 Å². The number of hydrogen-bond acceptors (Lipinski definition) is 3. The number of amides is 3. The van der Waals surface area contributed by atoms with Gasteiger partial charge in [0.05, 0.1) is 22.8 Å². The first-order valence-corrected chi connectivity index (χ1v) is 10.7. The second-order valence-electron chi connectivity index (χ2n) is 8.26. The first-order chi connectivity index (χ1) is 16.0. The van der Waals surface area contributed by atoms with Crippen molar-refractivity contribution in [1.82, 2.24) is 4.90 Å². The van der Waals surface area contributed by atoms with E-state index < -0.39 is 29.2 Å². The van der Waals surface area contributed by atoms with Crippen LogP contribution in [0.2, 0.25) is 5.02 Å². The molecule has 3 aromatic rings. The van der Waals surface area contributed by atoms with Crippen LogP contribution < -0.4 is 9.64 Å². The third-order valence-electron chi connectivity index (χ3n) is 5.61. The maximum atomic E-state index is 13.4. The molecule has 1 saturated heterocycles. The lowest BCUT2D eigenvalue weighted by molar-refractivity contribution is -0.137. The van der Waals surface area contributed by atoms with Gasteiger partial charge in [-0.1, -0.05) is 48.0 Å².